The number of halogens is 1. The Bertz CT molecular complexity index is 1190. The van der Waals surface area contributed by atoms with Crippen molar-refractivity contribution >= 4 is 5.97 Å². The highest BCUT2D eigenvalue weighted by atomic mass is 19.1. The molecular weight excluding hydrogens is 447 g/mol. The molecule has 1 aliphatic carbocycles. The van der Waals surface area contributed by atoms with Gasteiger partial charge in [0.1, 0.15) is 29.7 Å². The van der Waals surface area contributed by atoms with Crippen molar-refractivity contribution in [3.63, 3.8) is 0 Å². The molecule has 0 saturated carbocycles. The number of aryl methyl sites for hydroxylation is 1. The fourth-order valence-corrected chi connectivity index (χ4v) is 4.51. The maximum Gasteiger partial charge on any atom is 0.303 e. The summed E-state index contributed by atoms with van der Waals surface area (Å²) in [6, 6.07) is 16.2. The Morgan fingerprint density at radius 3 is 2.63 bits per heavy atom. The topological polar surface area (TPSA) is 65.0 Å². The number of unbranched alkanes of at least 4 members (excludes halogenated alkanes) is 1. The first-order valence-electron chi connectivity index (χ1n) is 12.1. The van der Waals surface area contributed by atoms with Crippen molar-refractivity contribution in [2.45, 2.75) is 51.6 Å². The van der Waals surface area contributed by atoms with E-state index in [0.29, 0.717) is 41.6 Å². The highest BCUT2D eigenvalue weighted by molar-refractivity contribution is 5.72. The first-order chi connectivity index (χ1) is 17.0. The standard InChI is InChI=1S/C29H31FO5/c1-3-4-13-34-28-14-19(5-11-24(28)26-16-22(33-2)10-12-27(26)30)18-35-23-9-8-20-6-7-21(15-29(31)32)25(20)17-23/h5,8-12,14,16-17,21H,3-4,6-7,13,15,18H2,1-2H3,(H,31,32)/t21-/m1/s1. The van der Waals surface area contributed by atoms with Crippen molar-refractivity contribution in [3.8, 4) is 28.4 Å². The smallest absolute Gasteiger partial charge is 0.303 e. The van der Waals surface area contributed by atoms with E-state index in [2.05, 4.69) is 6.92 Å². The Morgan fingerprint density at radius 2 is 1.86 bits per heavy atom. The third-order valence-corrected chi connectivity index (χ3v) is 6.41. The lowest BCUT2D eigenvalue weighted by atomic mass is 9.98. The lowest BCUT2D eigenvalue weighted by molar-refractivity contribution is -0.137. The van der Waals surface area contributed by atoms with Crippen molar-refractivity contribution in [2.75, 3.05) is 13.7 Å². The van der Waals surface area contributed by atoms with Crippen LogP contribution in [0.1, 0.15) is 55.2 Å². The van der Waals surface area contributed by atoms with Gasteiger partial charge in [-0.25, -0.2) is 4.39 Å². The van der Waals surface area contributed by atoms with Crippen molar-refractivity contribution in [1.82, 2.24) is 0 Å². The summed E-state index contributed by atoms with van der Waals surface area (Å²) in [5.74, 6) is 0.786. The molecule has 184 valence electrons. The van der Waals surface area contributed by atoms with Gasteiger partial charge in [-0.05, 0) is 78.3 Å². The normalized spacial score (nSPS) is 14.4. The van der Waals surface area contributed by atoms with Gasteiger partial charge in [-0.15, -0.1) is 0 Å². The third kappa shape index (κ3) is 5.94. The number of benzene rings is 3. The molecule has 0 amide bonds. The number of rotatable bonds is 11. The van der Waals surface area contributed by atoms with E-state index in [1.807, 2.05) is 36.4 Å². The molecule has 0 bridgehead atoms. The summed E-state index contributed by atoms with van der Waals surface area (Å²) in [4.78, 5) is 11.2. The summed E-state index contributed by atoms with van der Waals surface area (Å²) in [5.41, 5.74) is 4.24. The minimum absolute atomic E-state index is 0.0293. The van der Waals surface area contributed by atoms with E-state index >= 15 is 0 Å². The number of hydrogen-bond acceptors (Lipinski definition) is 4. The third-order valence-electron chi connectivity index (χ3n) is 6.41. The molecule has 1 atom stereocenters. The zero-order chi connectivity index (χ0) is 24.8. The van der Waals surface area contributed by atoms with Crippen LogP contribution in [0.3, 0.4) is 0 Å². The van der Waals surface area contributed by atoms with E-state index in [-0.39, 0.29) is 18.2 Å². The molecule has 35 heavy (non-hydrogen) atoms. The summed E-state index contributed by atoms with van der Waals surface area (Å²) in [6.07, 6.45) is 3.78. The van der Waals surface area contributed by atoms with Crippen LogP contribution in [0.2, 0.25) is 0 Å². The van der Waals surface area contributed by atoms with E-state index in [9.17, 15) is 14.3 Å². The second-order valence-electron chi connectivity index (χ2n) is 8.86. The van der Waals surface area contributed by atoms with Gasteiger partial charge in [0, 0.05) is 11.1 Å². The quantitative estimate of drug-likeness (QED) is 0.308. The number of fused-ring (bicyclic) bond motifs is 1. The van der Waals surface area contributed by atoms with E-state index in [1.54, 1.807) is 19.2 Å². The average Bonchev–Trinajstić information content (AvgIpc) is 3.25. The van der Waals surface area contributed by atoms with Crippen LogP contribution >= 0.6 is 0 Å². The van der Waals surface area contributed by atoms with E-state index in [0.717, 1.165) is 36.8 Å². The van der Waals surface area contributed by atoms with Gasteiger partial charge >= 0.3 is 5.97 Å². The molecule has 0 spiro atoms. The van der Waals surface area contributed by atoms with Crippen LogP contribution in [-0.2, 0) is 17.8 Å². The van der Waals surface area contributed by atoms with Crippen LogP contribution in [0, 0.1) is 5.82 Å². The van der Waals surface area contributed by atoms with Gasteiger partial charge < -0.3 is 19.3 Å². The van der Waals surface area contributed by atoms with E-state index in [1.165, 1.54) is 11.6 Å². The molecule has 0 aromatic heterocycles. The van der Waals surface area contributed by atoms with E-state index in [4.69, 9.17) is 14.2 Å². The fourth-order valence-electron chi connectivity index (χ4n) is 4.51. The number of ether oxygens (including phenoxy) is 3. The highest BCUT2D eigenvalue weighted by Crippen LogP contribution is 2.38. The maximum absolute atomic E-state index is 14.7. The number of methoxy groups -OCH3 is 1. The minimum atomic E-state index is -0.780. The fraction of sp³-hybridized carbons (Fsp3) is 0.345. The Hall–Kier alpha value is -3.54. The van der Waals surface area contributed by atoms with Crippen LogP contribution < -0.4 is 14.2 Å². The Morgan fingerprint density at radius 1 is 1.03 bits per heavy atom. The van der Waals surface area contributed by atoms with Gasteiger partial charge in [0.2, 0.25) is 0 Å². The zero-order valence-corrected chi connectivity index (χ0v) is 20.2. The molecular formula is C29H31FO5. The van der Waals surface area contributed by atoms with Crippen molar-refractivity contribution in [2.24, 2.45) is 0 Å². The second-order valence-corrected chi connectivity index (χ2v) is 8.86. The van der Waals surface area contributed by atoms with Crippen LogP contribution in [0.4, 0.5) is 4.39 Å². The Labute approximate surface area is 205 Å². The summed E-state index contributed by atoms with van der Waals surface area (Å²) >= 11 is 0. The van der Waals surface area contributed by atoms with Gasteiger partial charge in [-0.1, -0.05) is 31.5 Å². The zero-order valence-electron chi connectivity index (χ0n) is 20.2. The molecule has 0 radical (unpaired) electrons. The Kier molecular flexibility index (Phi) is 7.91. The highest BCUT2D eigenvalue weighted by Gasteiger charge is 2.25. The summed E-state index contributed by atoms with van der Waals surface area (Å²) in [5, 5.41) is 9.20. The molecule has 0 heterocycles. The summed E-state index contributed by atoms with van der Waals surface area (Å²) in [6.45, 7) is 2.94. The maximum atomic E-state index is 14.7. The molecule has 3 aromatic rings. The molecule has 1 aliphatic rings. The molecule has 6 heteroatoms. The minimum Gasteiger partial charge on any atom is -0.497 e. The molecule has 0 aliphatic heterocycles. The van der Waals surface area contributed by atoms with Crippen LogP contribution in [0.15, 0.2) is 54.6 Å². The first-order valence-corrected chi connectivity index (χ1v) is 12.1. The number of carboxylic acid groups (broad SMARTS) is 1. The summed E-state index contributed by atoms with van der Waals surface area (Å²) in [7, 11) is 1.55. The number of carboxylic acids is 1. The number of carbonyl (C=O) groups is 1. The van der Waals surface area contributed by atoms with Gasteiger partial charge in [0.15, 0.2) is 0 Å². The predicted octanol–water partition coefficient (Wildman–Crippen LogP) is 6.76. The molecule has 3 aromatic carbocycles. The van der Waals surface area contributed by atoms with Crippen molar-refractivity contribution < 1.29 is 28.5 Å². The average molecular weight is 479 g/mol. The SMILES string of the molecule is CCCCOc1cc(COc2ccc3c(c2)[C@@H](CC(=O)O)CC3)ccc1-c1cc(OC)ccc1F. The lowest BCUT2D eigenvalue weighted by Crippen LogP contribution is -2.04. The van der Waals surface area contributed by atoms with Crippen LogP contribution in [0.25, 0.3) is 11.1 Å². The lowest BCUT2D eigenvalue weighted by Gasteiger charge is -2.16. The van der Waals surface area contributed by atoms with E-state index < -0.39 is 5.97 Å². The van der Waals surface area contributed by atoms with Crippen molar-refractivity contribution in [1.29, 1.82) is 0 Å². The molecule has 0 unspecified atom stereocenters. The second kappa shape index (κ2) is 11.3. The molecule has 0 saturated heterocycles. The van der Waals surface area contributed by atoms with Crippen molar-refractivity contribution in [3.05, 3.63) is 77.1 Å². The predicted molar refractivity (Wildman–Crippen MR) is 133 cm³/mol. The first kappa shape index (κ1) is 24.6. The van der Waals surface area contributed by atoms with Gasteiger partial charge in [-0.2, -0.15) is 0 Å². The molecule has 5 nitrogen and oxygen atoms in total. The molecule has 0 fully saturated rings. The Balaban J connectivity index is 1.55. The summed E-state index contributed by atoms with van der Waals surface area (Å²) < 4.78 is 32.1. The molecule has 1 N–H and O–H groups in total. The van der Waals surface area contributed by atoms with Gasteiger partial charge in [-0.3, -0.25) is 4.79 Å². The van der Waals surface area contributed by atoms with Gasteiger partial charge in [0.25, 0.3) is 0 Å². The molecule has 4 rings (SSSR count). The van der Waals surface area contributed by atoms with Crippen LogP contribution in [-0.4, -0.2) is 24.8 Å². The largest absolute Gasteiger partial charge is 0.497 e. The number of hydrogen-bond donors (Lipinski definition) is 1. The van der Waals surface area contributed by atoms with Gasteiger partial charge in [0.05, 0.1) is 20.1 Å². The number of aliphatic carboxylic acids is 1. The van der Waals surface area contributed by atoms with Crippen LogP contribution in [0.5, 0.6) is 17.2 Å². The monoisotopic (exact) mass is 478 g/mol.